The van der Waals surface area contributed by atoms with Crippen molar-refractivity contribution in [2.24, 2.45) is 11.7 Å². The molecule has 0 bridgehead atoms. The minimum Gasteiger partial charge on any atom is -0.374 e. The van der Waals surface area contributed by atoms with Crippen LogP contribution in [0.1, 0.15) is 60.1 Å². The topological polar surface area (TPSA) is 99.3 Å². The van der Waals surface area contributed by atoms with Crippen molar-refractivity contribution in [1.82, 2.24) is 19.8 Å². The van der Waals surface area contributed by atoms with Gasteiger partial charge in [-0.05, 0) is 77.2 Å². The van der Waals surface area contributed by atoms with E-state index in [1.54, 1.807) is 0 Å². The van der Waals surface area contributed by atoms with Gasteiger partial charge in [-0.1, -0.05) is 18.2 Å². The van der Waals surface area contributed by atoms with Gasteiger partial charge in [0.1, 0.15) is 6.23 Å². The van der Waals surface area contributed by atoms with Gasteiger partial charge in [0.2, 0.25) is 0 Å². The Kier molecular flexibility index (Phi) is 7.57. The number of aryl methyl sites for hydroxylation is 2. The quantitative estimate of drug-likeness (QED) is 0.383. The zero-order valence-corrected chi connectivity index (χ0v) is 20.9. The first-order valence-electron chi connectivity index (χ1n) is 12.4. The second-order valence-electron chi connectivity index (χ2n) is 9.82. The number of hydrogen-bond acceptors (Lipinski definition) is 5. The fraction of sp³-hybridized carbons (Fsp3) is 0.519. The number of aliphatic hydroxyl groups is 1. The molecular formula is C27H39N5O2. The van der Waals surface area contributed by atoms with Crippen molar-refractivity contribution in [3.05, 3.63) is 68.8 Å². The number of para-hydroxylation sites is 1. The molecule has 4 rings (SSSR count). The van der Waals surface area contributed by atoms with Gasteiger partial charge in [-0.3, -0.25) is 10.1 Å². The van der Waals surface area contributed by atoms with Gasteiger partial charge in [0.25, 0.3) is 5.56 Å². The smallest absolute Gasteiger partial charge is 0.252 e. The highest BCUT2D eigenvalue weighted by atomic mass is 16.3. The molecule has 7 heteroatoms. The van der Waals surface area contributed by atoms with E-state index in [0.29, 0.717) is 30.6 Å². The lowest BCUT2D eigenvalue weighted by molar-refractivity contribution is 0.136. The van der Waals surface area contributed by atoms with Crippen LogP contribution in [-0.4, -0.2) is 45.7 Å². The van der Waals surface area contributed by atoms with Crippen molar-refractivity contribution in [2.75, 3.05) is 26.2 Å². The number of nitrogens with two attached hydrogens (primary N) is 1. The predicted octanol–water partition coefficient (Wildman–Crippen LogP) is 3.27. The van der Waals surface area contributed by atoms with Crippen molar-refractivity contribution in [3.63, 3.8) is 0 Å². The van der Waals surface area contributed by atoms with Crippen LogP contribution in [0.15, 0.2) is 35.1 Å². The molecular weight excluding hydrogens is 426 g/mol. The highest BCUT2D eigenvalue weighted by Gasteiger charge is 2.29. The van der Waals surface area contributed by atoms with Gasteiger partial charge in [0, 0.05) is 59.1 Å². The zero-order valence-electron chi connectivity index (χ0n) is 20.9. The Morgan fingerprint density at radius 2 is 1.91 bits per heavy atom. The van der Waals surface area contributed by atoms with Crippen LogP contribution in [0.5, 0.6) is 0 Å². The molecule has 1 aliphatic rings. The van der Waals surface area contributed by atoms with Crippen LogP contribution in [0.2, 0.25) is 0 Å². The number of rotatable bonds is 8. The van der Waals surface area contributed by atoms with Gasteiger partial charge in [0.05, 0.1) is 0 Å². The van der Waals surface area contributed by atoms with E-state index in [1.807, 2.05) is 26.0 Å². The summed E-state index contributed by atoms with van der Waals surface area (Å²) in [4.78, 5) is 17.7. The average molecular weight is 466 g/mol. The number of aliphatic hydroxyl groups excluding tert-OH is 1. The van der Waals surface area contributed by atoms with Crippen molar-refractivity contribution in [1.29, 1.82) is 0 Å². The molecule has 1 unspecified atom stereocenters. The number of pyridine rings is 1. The van der Waals surface area contributed by atoms with E-state index in [2.05, 4.69) is 51.8 Å². The first-order chi connectivity index (χ1) is 16.3. The second-order valence-corrected chi connectivity index (χ2v) is 9.82. The largest absolute Gasteiger partial charge is 0.374 e. The summed E-state index contributed by atoms with van der Waals surface area (Å²) in [5.74, 6) is 0.579. The molecule has 0 radical (unpaired) electrons. The number of hydrogen-bond donors (Lipinski definition) is 4. The number of H-pyrrole nitrogens is 1. The number of aromatic nitrogens is 2. The number of nitrogens with zero attached hydrogens (tertiary/aromatic N) is 2. The van der Waals surface area contributed by atoms with Gasteiger partial charge in [-0.2, -0.15) is 0 Å². The third-order valence-corrected chi connectivity index (χ3v) is 7.61. The number of benzene rings is 1. The third kappa shape index (κ3) is 4.84. The fourth-order valence-corrected chi connectivity index (χ4v) is 5.74. The molecule has 0 spiro atoms. The van der Waals surface area contributed by atoms with E-state index in [9.17, 15) is 9.90 Å². The molecule has 7 nitrogen and oxygen atoms in total. The van der Waals surface area contributed by atoms with Gasteiger partial charge < -0.3 is 25.3 Å². The molecule has 1 aliphatic heterocycles. The van der Waals surface area contributed by atoms with E-state index in [0.717, 1.165) is 65.9 Å². The predicted molar refractivity (Wildman–Crippen MR) is 138 cm³/mol. The molecule has 184 valence electrons. The summed E-state index contributed by atoms with van der Waals surface area (Å²) in [6.45, 7) is 12.4. The maximum Gasteiger partial charge on any atom is 0.252 e. The van der Waals surface area contributed by atoms with Gasteiger partial charge >= 0.3 is 0 Å². The highest BCUT2D eigenvalue weighted by Crippen LogP contribution is 2.37. The lowest BCUT2D eigenvalue weighted by atomic mass is 9.90. The molecule has 34 heavy (non-hydrogen) atoms. The van der Waals surface area contributed by atoms with Crippen LogP contribution in [0.25, 0.3) is 10.9 Å². The zero-order chi connectivity index (χ0) is 24.4. The highest BCUT2D eigenvalue weighted by molar-refractivity contribution is 5.86. The maximum absolute atomic E-state index is 12.4. The van der Waals surface area contributed by atoms with E-state index >= 15 is 0 Å². The summed E-state index contributed by atoms with van der Waals surface area (Å²) in [6.07, 6.45) is 1.43. The number of likely N-dealkylation sites (tertiary alicyclic amines) is 1. The first-order valence-corrected chi connectivity index (χ1v) is 12.4. The summed E-state index contributed by atoms with van der Waals surface area (Å²) in [5.41, 5.74) is 11.2. The Bertz CT molecular complexity index is 1190. The molecule has 3 heterocycles. The Morgan fingerprint density at radius 3 is 2.59 bits per heavy atom. The Hall–Kier alpha value is -2.45. The minimum absolute atomic E-state index is 0.106. The molecule has 2 atom stereocenters. The summed E-state index contributed by atoms with van der Waals surface area (Å²) in [7, 11) is 0. The normalized spacial score (nSPS) is 17.4. The van der Waals surface area contributed by atoms with Crippen molar-refractivity contribution in [2.45, 2.75) is 59.4 Å². The van der Waals surface area contributed by atoms with Crippen molar-refractivity contribution < 1.29 is 5.11 Å². The molecule has 3 aromatic rings. The molecule has 5 N–H and O–H groups in total. The van der Waals surface area contributed by atoms with Crippen LogP contribution in [0.4, 0.5) is 0 Å². The lowest BCUT2D eigenvalue weighted by Crippen LogP contribution is -2.38. The molecule has 1 aromatic carbocycles. The monoisotopic (exact) mass is 465 g/mol. The number of fused-ring (bicyclic) bond motifs is 1. The molecule has 1 fully saturated rings. The first kappa shape index (κ1) is 24.7. The van der Waals surface area contributed by atoms with Crippen LogP contribution in [0, 0.1) is 26.7 Å². The average Bonchev–Trinajstić information content (AvgIpc) is 3.10. The van der Waals surface area contributed by atoms with E-state index in [4.69, 9.17) is 5.73 Å². The van der Waals surface area contributed by atoms with Gasteiger partial charge in [-0.25, -0.2) is 0 Å². The van der Waals surface area contributed by atoms with E-state index in [1.165, 1.54) is 0 Å². The third-order valence-electron chi connectivity index (χ3n) is 7.61. The summed E-state index contributed by atoms with van der Waals surface area (Å²) < 4.78 is 2.41. The van der Waals surface area contributed by atoms with Crippen LogP contribution in [0.3, 0.4) is 0 Å². The van der Waals surface area contributed by atoms with Gasteiger partial charge in [0.15, 0.2) is 0 Å². The Balaban J connectivity index is 1.60. The Labute approximate surface area is 202 Å². The Morgan fingerprint density at radius 1 is 1.21 bits per heavy atom. The molecule has 0 amide bonds. The lowest BCUT2D eigenvalue weighted by Gasteiger charge is -2.36. The van der Waals surface area contributed by atoms with Crippen LogP contribution >= 0.6 is 0 Å². The summed E-state index contributed by atoms with van der Waals surface area (Å²) in [5, 5.41) is 15.5. The van der Waals surface area contributed by atoms with Crippen LogP contribution in [-0.2, 0) is 6.54 Å². The molecule has 1 saturated heterocycles. The number of nitrogens with one attached hydrogen (secondary N) is 2. The van der Waals surface area contributed by atoms with E-state index in [-0.39, 0.29) is 5.56 Å². The standard InChI is InChI=1S/C27H39N5O2/c1-17-15-18(2)30-26(33)23(17)16-29-27(34)25-20(4)32(24-8-6-5-7-22(24)25)19(3)21-9-12-31(13-10-21)14-11-28/h5-8,15,19,21,27,29,34H,9-14,16,28H2,1-4H3,(H,30,33)/t19-,27?/m0/s1. The van der Waals surface area contributed by atoms with Gasteiger partial charge in [-0.15, -0.1) is 0 Å². The van der Waals surface area contributed by atoms with Crippen molar-refractivity contribution in [3.8, 4) is 0 Å². The second kappa shape index (κ2) is 10.4. The minimum atomic E-state index is -0.871. The summed E-state index contributed by atoms with van der Waals surface area (Å²) in [6, 6.07) is 10.6. The summed E-state index contributed by atoms with van der Waals surface area (Å²) >= 11 is 0. The van der Waals surface area contributed by atoms with E-state index < -0.39 is 6.23 Å². The SMILES string of the molecule is Cc1cc(C)c(CNC(O)c2c(C)n([C@@H](C)C3CCN(CCN)CC3)c3ccccc23)c(=O)[nH]1. The molecule has 0 aliphatic carbocycles. The maximum atomic E-state index is 12.4. The van der Waals surface area contributed by atoms with Crippen molar-refractivity contribution >= 4 is 10.9 Å². The van der Waals surface area contributed by atoms with Crippen LogP contribution < -0.4 is 16.6 Å². The molecule has 0 saturated carbocycles. The number of piperidine rings is 1. The fourth-order valence-electron chi connectivity index (χ4n) is 5.74. The molecule has 2 aromatic heterocycles. The number of aromatic amines is 1.